The second kappa shape index (κ2) is 7.44. The molecule has 0 atom stereocenters. The molecule has 0 aliphatic carbocycles. The summed E-state index contributed by atoms with van der Waals surface area (Å²) in [5.41, 5.74) is 8.20. The summed E-state index contributed by atoms with van der Waals surface area (Å²) in [6.07, 6.45) is 0. The van der Waals surface area contributed by atoms with Crippen LogP contribution >= 0.6 is 0 Å². The summed E-state index contributed by atoms with van der Waals surface area (Å²) < 4.78 is 11.5. The minimum absolute atomic E-state index is 0.363. The number of hydrogen-bond donors (Lipinski definition) is 0. The Labute approximate surface area is 180 Å². The zero-order valence-electron chi connectivity index (χ0n) is 17.7. The number of benzene rings is 4. The number of carbonyl (C=O) groups is 1. The fourth-order valence-electron chi connectivity index (χ4n) is 4.41. The first-order valence-corrected chi connectivity index (χ1v) is 10.3. The molecule has 0 spiro atoms. The second-order valence-electron chi connectivity index (χ2n) is 7.77. The molecule has 0 radical (unpaired) electrons. The molecule has 5 rings (SSSR count). The molecule has 0 bridgehead atoms. The monoisotopic (exact) mass is 406 g/mol. The van der Waals surface area contributed by atoms with E-state index < -0.39 is 0 Å². The zero-order valence-corrected chi connectivity index (χ0v) is 17.7. The van der Waals surface area contributed by atoms with Crippen LogP contribution in [0.25, 0.3) is 44.2 Å². The third-order valence-corrected chi connectivity index (χ3v) is 5.91. The minimum Gasteiger partial charge on any atom is -0.465 e. The smallest absolute Gasteiger partial charge is 0.338 e. The number of hydrogen-bond acceptors (Lipinski definition) is 3. The van der Waals surface area contributed by atoms with Crippen LogP contribution in [0.1, 0.15) is 21.5 Å². The van der Waals surface area contributed by atoms with Crippen molar-refractivity contribution >= 4 is 27.9 Å². The third-order valence-electron chi connectivity index (χ3n) is 5.91. The number of furan rings is 1. The lowest BCUT2D eigenvalue weighted by atomic mass is 9.85. The van der Waals surface area contributed by atoms with Gasteiger partial charge in [-0.3, -0.25) is 0 Å². The quantitative estimate of drug-likeness (QED) is 0.295. The van der Waals surface area contributed by atoms with Gasteiger partial charge in [-0.2, -0.15) is 0 Å². The van der Waals surface area contributed by atoms with Gasteiger partial charge >= 0.3 is 5.97 Å². The molecule has 5 aromatic rings. The van der Waals surface area contributed by atoms with Crippen molar-refractivity contribution in [3.05, 3.63) is 95.6 Å². The number of ether oxygens (including phenoxy) is 1. The molecular weight excluding hydrogens is 384 g/mol. The lowest BCUT2D eigenvalue weighted by Crippen LogP contribution is -2.06. The Balaban J connectivity index is 1.95. The summed E-state index contributed by atoms with van der Waals surface area (Å²) in [4.78, 5) is 12.8. The van der Waals surface area contributed by atoms with E-state index in [4.69, 9.17) is 9.15 Å². The largest absolute Gasteiger partial charge is 0.465 e. The van der Waals surface area contributed by atoms with Gasteiger partial charge in [0.25, 0.3) is 0 Å². The lowest BCUT2D eigenvalue weighted by Gasteiger charge is -2.19. The molecule has 0 aliphatic heterocycles. The predicted molar refractivity (Wildman–Crippen MR) is 125 cm³/mol. The van der Waals surface area contributed by atoms with E-state index in [1.165, 1.54) is 7.11 Å². The van der Waals surface area contributed by atoms with E-state index in [0.29, 0.717) is 5.56 Å². The summed E-state index contributed by atoms with van der Waals surface area (Å²) >= 11 is 0. The van der Waals surface area contributed by atoms with Gasteiger partial charge in [0, 0.05) is 21.9 Å². The van der Waals surface area contributed by atoms with E-state index in [9.17, 15) is 4.79 Å². The number of rotatable bonds is 3. The van der Waals surface area contributed by atoms with Crippen LogP contribution in [0, 0.1) is 13.8 Å². The number of carbonyl (C=O) groups excluding carboxylic acids is 1. The van der Waals surface area contributed by atoms with E-state index in [1.807, 2.05) is 54.6 Å². The van der Waals surface area contributed by atoms with Crippen LogP contribution < -0.4 is 0 Å². The molecule has 3 nitrogen and oxygen atoms in total. The van der Waals surface area contributed by atoms with Crippen LogP contribution in [0.15, 0.2) is 83.3 Å². The van der Waals surface area contributed by atoms with Crippen LogP contribution in [-0.2, 0) is 4.74 Å². The number of methoxy groups -OCH3 is 1. The van der Waals surface area contributed by atoms with Gasteiger partial charge in [0.15, 0.2) is 0 Å². The Hall–Kier alpha value is -3.85. The van der Waals surface area contributed by atoms with Crippen LogP contribution in [0.3, 0.4) is 0 Å². The molecular formula is C28H22O3. The average molecular weight is 406 g/mol. The fraction of sp³-hybridized carbons (Fsp3) is 0.107. The number of esters is 1. The first-order valence-electron chi connectivity index (χ1n) is 10.3. The molecule has 0 fully saturated rings. The van der Waals surface area contributed by atoms with Crippen molar-refractivity contribution < 1.29 is 13.9 Å². The number of aryl methyl sites for hydroxylation is 2. The summed E-state index contributed by atoms with van der Waals surface area (Å²) in [5.74, 6) is -0.363. The first kappa shape index (κ1) is 19.1. The van der Waals surface area contributed by atoms with Gasteiger partial charge < -0.3 is 9.15 Å². The lowest BCUT2D eigenvalue weighted by molar-refractivity contribution is 0.0601. The van der Waals surface area contributed by atoms with Crippen LogP contribution in [0.5, 0.6) is 0 Å². The van der Waals surface area contributed by atoms with E-state index in [0.717, 1.165) is 55.3 Å². The fourth-order valence-corrected chi connectivity index (χ4v) is 4.41. The molecule has 0 unspecified atom stereocenters. The maximum Gasteiger partial charge on any atom is 0.338 e. The molecule has 0 aliphatic rings. The highest BCUT2D eigenvalue weighted by Crippen LogP contribution is 2.43. The molecule has 4 aromatic carbocycles. The van der Waals surface area contributed by atoms with Crippen molar-refractivity contribution in [1.82, 2.24) is 0 Å². The van der Waals surface area contributed by atoms with Crippen molar-refractivity contribution in [3.63, 3.8) is 0 Å². The van der Waals surface area contributed by atoms with Gasteiger partial charge in [-0.05, 0) is 48.2 Å². The summed E-state index contributed by atoms with van der Waals surface area (Å²) in [6, 6.07) is 26.2. The van der Waals surface area contributed by atoms with Crippen LogP contribution in [0.2, 0.25) is 0 Å². The Morgan fingerprint density at radius 3 is 2.23 bits per heavy atom. The van der Waals surface area contributed by atoms with Gasteiger partial charge in [0.2, 0.25) is 0 Å². The number of para-hydroxylation sites is 2. The molecule has 31 heavy (non-hydrogen) atoms. The maximum absolute atomic E-state index is 12.8. The zero-order chi connectivity index (χ0) is 21.5. The van der Waals surface area contributed by atoms with Crippen molar-refractivity contribution in [3.8, 4) is 22.3 Å². The van der Waals surface area contributed by atoms with Crippen molar-refractivity contribution in [1.29, 1.82) is 0 Å². The summed E-state index contributed by atoms with van der Waals surface area (Å²) in [5, 5.41) is 2.09. The Morgan fingerprint density at radius 2 is 1.42 bits per heavy atom. The summed E-state index contributed by atoms with van der Waals surface area (Å²) in [6.45, 7) is 4.16. The highest BCUT2D eigenvalue weighted by molar-refractivity contribution is 6.13. The van der Waals surface area contributed by atoms with Gasteiger partial charge in [-0.25, -0.2) is 4.79 Å². The molecule has 3 heteroatoms. The molecule has 1 aromatic heterocycles. The topological polar surface area (TPSA) is 39.4 Å². The first-order chi connectivity index (χ1) is 15.1. The van der Waals surface area contributed by atoms with E-state index in [1.54, 1.807) is 0 Å². The van der Waals surface area contributed by atoms with Gasteiger partial charge in [0.1, 0.15) is 11.2 Å². The van der Waals surface area contributed by atoms with Crippen molar-refractivity contribution in [2.24, 2.45) is 0 Å². The second-order valence-corrected chi connectivity index (χ2v) is 7.77. The highest BCUT2D eigenvalue weighted by Gasteiger charge is 2.24. The molecule has 1 heterocycles. The van der Waals surface area contributed by atoms with Gasteiger partial charge in [-0.15, -0.1) is 0 Å². The predicted octanol–water partition coefficient (Wildman–Crippen LogP) is 7.32. The van der Waals surface area contributed by atoms with E-state index in [2.05, 4.69) is 38.1 Å². The molecule has 0 N–H and O–H groups in total. The number of fused-ring (bicyclic) bond motifs is 3. The maximum atomic E-state index is 12.8. The third kappa shape index (κ3) is 3.01. The normalized spacial score (nSPS) is 11.2. The van der Waals surface area contributed by atoms with Gasteiger partial charge in [0.05, 0.1) is 12.7 Å². The minimum atomic E-state index is -0.363. The highest BCUT2D eigenvalue weighted by atomic mass is 16.5. The molecule has 0 saturated heterocycles. The summed E-state index contributed by atoms with van der Waals surface area (Å²) in [7, 11) is 1.42. The van der Waals surface area contributed by atoms with Crippen LogP contribution in [0.4, 0.5) is 0 Å². The standard InChI is InChI=1S/C28H22O3/c1-17-9-4-5-10-19(17)25-18(2)15-16-23(28(29)30-3)26(25)22-13-8-12-21-20-11-6-7-14-24(20)31-27(21)22/h4-16H,1-3H3. The van der Waals surface area contributed by atoms with Crippen molar-refractivity contribution in [2.45, 2.75) is 13.8 Å². The molecule has 152 valence electrons. The average Bonchev–Trinajstić information content (AvgIpc) is 3.18. The Bertz CT molecular complexity index is 1460. The Kier molecular flexibility index (Phi) is 4.59. The van der Waals surface area contributed by atoms with Crippen molar-refractivity contribution in [2.75, 3.05) is 7.11 Å². The van der Waals surface area contributed by atoms with Crippen LogP contribution in [-0.4, -0.2) is 13.1 Å². The molecule has 0 amide bonds. The van der Waals surface area contributed by atoms with E-state index in [-0.39, 0.29) is 5.97 Å². The van der Waals surface area contributed by atoms with Gasteiger partial charge in [-0.1, -0.05) is 66.7 Å². The Morgan fingerprint density at radius 1 is 0.710 bits per heavy atom. The molecule has 0 saturated carbocycles. The van der Waals surface area contributed by atoms with E-state index >= 15 is 0 Å². The SMILES string of the molecule is COC(=O)c1ccc(C)c(-c2ccccc2C)c1-c1cccc2c1oc1ccccc12.